The highest BCUT2D eigenvalue weighted by Gasteiger charge is 2.45. The van der Waals surface area contributed by atoms with Crippen LogP contribution in [0.4, 0.5) is 23.2 Å². The number of rotatable bonds is 6. The number of hydrogen-bond donors (Lipinski definition) is 2. The van der Waals surface area contributed by atoms with Gasteiger partial charge in [-0.2, -0.15) is 13.2 Å². The van der Waals surface area contributed by atoms with Crippen molar-refractivity contribution in [3.8, 4) is 0 Å². The fraction of sp³-hybridized carbons (Fsp3) is 0.630. The SMILES string of the molecule is FC1=CCC([C@@H]2Nc3ccc(C(F)(F)F)cc3[C@H]3O[C@@H](CNCCN4CCCCC4)CC[C@H]32)C=C1. The van der Waals surface area contributed by atoms with E-state index in [4.69, 9.17) is 4.74 Å². The minimum atomic E-state index is -4.40. The first kappa shape index (κ1) is 24.8. The molecule has 2 N–H and O–H groups in total. The fourth-order valence-electron chi connectivity index (χ4n) is 6.11. The molecule has 3 aliphatic heterocycles. The molecule has 0 aromatic heterocycles. The Morgan fingerprint density at radius 2 is 1.94 bits per heavy atom. The molecule has 1 unspecified atom stereocenters. The van der Waals surface area contributed by atoms with E-state index in [1.165, 1.54) is 37.5 Å². The van der Waals surface area contributed by atoms with Gasteiger partial charge in [0.1, 0.15) is 5.83 Å². The van der Waals surface area contributed by atoms with Gasteiger partial charge in [0.05, 0.1) is 17.8 Å². The smallest absolute Gasteiger partial charge is 0.381 e. The number of piperidine rings is 1. The summed E-state index contributed by atoms with van der Waals surface area (Å²) in [6.45, 7) is 4.92. The molecule has 2 fully saturated rings. The average molecular weight is 494 g/mol. The molecular weight excluding hydrogens is 458 g/mol. The van der Waals surface area contributed by atoms with Gasteiger partial charge in [-0.3, -0.25) is 0 Å². The lowest BCUT2D eigenvalue weighted by molar-refractivity contribution is -0.138. The number of allylic oxidation sites excluding steroid dienone is 3. The van der Waals surface area contributed by atoms with Gasteiger partial charge in [-0.1, -0.05) is 12.5 Å². The van der Waals surface area contributed by atoms with Crippen molar-refractivity contribution in [3.63, 3.8) is 0 Å². The highest BCUT2D eigenvalue weighted by molar-refractivity contribution is 5.58. The molecule has 3 heterocycles. The van der Waals surface area contributed by atoms with E-state index in [9.17, 15) is 17.6 Å². The van der Waals surface area contributed by atoms with Crippen LogP contribution in [0.2, 0.25) is 0 Å². The molecular formula is C27H35F4N3O. The molecule has 2 saturated heterocycles. The first-order valence-corrected chi connectivity index (χ1v) is 13.0. The van der Waals surface area contributed by atoms with E-state index < -0.39 is 17.8 Å². The first-order valence-electron chi connectivity index (χ1n) is 13.0. The quantitative estimate of drug-likeness (QED) is 0.386. The Morgan fingerprint density at radius 3 is 2.69 bits per heavy atom. The molecule has 0 amide bonds. The van der Waals surface area contributed by atoms with Crippen LogP contribution in [0, 0.1) is 11.8 Å². The van der Waals surface area contributed by atoms with Gasteiger partial charge >= 0.3 is 6.18 Å². The number of hydrogen-bond acceptors (Lipinski definition) is 4. The third-order valence-corrected chi connectivity index (χ3v) is 7.99. The van der Waals surface area contributed by atoms with E-state index in [-0.39, 0.29) is 29.8 Å². The summed E-state index contributed by atoms with van der Waals surface area (Å²) in [5.41, 5.74) is 0.621. The van der Waals surface area contributed by atoms with Crippen LogP contribution in [-0.2, 0) is 10.9 Å². The van der Waals surface area contributed by atoms with E-state index in [0.29, 0.717) is 24.2 Å². The maximum Gasteiger partial charge on any atom is 0.416 e. The van der Waals surface area contributed by atoms with Gasteiger partial charge in [0, 0.05) is 48.8 Å². The molecule has 0 radical (unpaired) electrons. The largest absolute Gasteiger partial charge is 0.416 e. The lowest BCUT2D eigenvalue weighted by Gasteiger charge is -2.47. The Labute approximate surface area is 204 Å². The van der Waals surface area contributed by atoms with Crippen LogP contribution in [0.25, 0.3) is 0 Å². The van der Waals surface area contributed by atoms with Gasteiger partial charge in [0.25, 0.3) is 0 Å². The van der Waals surface area contributed by atoms with Gasteiger partial charge in [0.2, 0.25) is 0 Å². The lowest BCUT2D eigenvalue weighted by atomic mass is 9.73. The second-order valence-electron chi connectivity index (χ2n) is 10.3. The van der Waals surface area contributed by atoms with Crippen LogP contribution in [0.1, 0.15) is 55.8 Å². The number of nitrogens with one attached hydrogen (secondary N) is 2. The molecule has 4 nitrogen and oxygen atoms in total. The Bertz CT molecular complexity index is 941. The number of ether oxygens (including phenoxy) is 1. The lowest BCUT2D eigenvalue weighted by Crippen LogP contribution is -2.48. The normalized spacial score (nSPS) is 31.3. The zero-order valence-electron chi connectivity index (χ0n) is 20.0. The Kier molecular flexibility index (Phi) is 7.51. The first-order chi connectivity index (χ1) is 16.9. The van der Waals surface area contributed by atoms with Crippen LogP contribution in [0.3, 0.4) is 0 Å². The second kappa shape index (κ2) is 10.6. The zero-order chi connectivity index (χ0) is 24.4. The summed E-state index contributed by atoms with van der Waals surface area (Å²) in [4.78, 5) is 2.48. The summed E-state index contributed by atoms with van der Waals surface area (Å²) in [6.07, 6.45) is 6.23. The van der Waals surface area contributed by atoms with Gasteiger partial charge in [-0.05, 0) is 75.5 Å². The maximum atomic E-state index is 13.6. The van der Waals surface area contributed by atoms with Crippen molar-refractivity contribution in [2.24, 2.45) is 11.8 Å². The van der Waals surface area contributed by atoms with Crippen LogP contribution < -0.4 is 10.6 Å². The minimum Gasteiger partial charge on any atom is -0.381 e. The molecule has 5 atom stereocenters. The van der Waals surface area contributed by atoms with Crippen molar-refractivity contribution >= 4 is 5.69 Å². The van der Waals surface area contributed by atoms with Gasteiger partial charge in [-0.25, -0.2) is 4.39 Å². The number of alkyl halides is 3. The maximum absolute atomic E-state index is 13.6. The molecule has 8 heteroatoms. The molecule has 4 aliphatic rings. The predicted molar refractivity (Wildman–Crippen MR) is 129 cm³/mol. The number of halogens is 4. The van der Waals surface area contributed by atoms with E-state index in [1.54, 1.807) is 6.08 Å². The molecule has 192 valence electrons. The Morgan fingerprint density at radius 1 is 1.11 bits per heavy atom. The topological polar surface area (TPSA) is 36.5 Å². The van der Waals surface area contributed by atoms with Crippen LogP contribution in [-0.4, -0.2) is 49.8 Å². The highest BCUT2D eigenvalue weighted by Crippen LogP contribution is 2.49. The molecule has 1 aromatic carbocycles. The minimum absolute atomic E-state index is 0.0159. The van der Waals surface area contributed by atoms with Gasteiger partial charge in [-0.15, -0.1) is 0 Å². The number of benzene rings is 1. The van der Waals surface area contributed by atoms with Crippen molar-refractivity contribution in [2.75, 3.05) is 38.0 Å². The Balaban J connectivity index is 1.29. The standard InChI is InChI=1S/C27H35F4N3O/c28-20-7-4-18(5-8-20)25-22-10-9-21(17-32-12-15-34-13-2-1-3-14-34)35-26(22)23-16-19(27(29,30)31)6-11-24(23)33-25/h4,6-8,11,16,18,21-22,25-26,32-33H,1-3,5,9-10,12-15,17H2/t18?,21-,22+,25+,26+/m1/s1. The van der Waals surface area contributed by atoms with Crippen molar-refractivity contribution in [3.05, 3.63) is 53.4 Å². The van der Waals surface area contributed by atoms with Crippen LogP contribution in [0.5, 0.6) is 0 Å². The Hall–Kier alpha value is -1.90. The van der Waals surface area contributed by atoms with Crippen molar-refractivity contribution in [1.82, 2.24) is 10.2 Å². The van der Waals surface area contributed by atoms with Gasteiger partial charge < -0.3 is 20.3 Å². The molecule has 0 spiro atoms. The number of fused-ring (bicyclic) bond motifs is 3. The van der Waals surface area contributed by atoms with E-state index in [1.807, 2.05) is 6.08 Å². The van der Waals surface area contributed by atoms with Gasteiger partial charge in [0.15, 0.2) is 0 Å². The van der Waals surface area contributed by atoms with Crippen LogP contribution in [0.15, 0.2) is 42.3 Å². The third kappa shape index (κ3) is 5.75. The fourth-order valence-corrected chi connectivity index (χ4v) is 6.11. The van der Waals surface area contributed by atoms with Crippen molar-refractivity contribution in [2.45, 2.75) is 63.0 Å². The molecule has 1 aliphatic carbocycles. The second-order valence-corrected chi connectivity index (χ2v) is 10.3. The summed E-state index contributed by atoms with van der Waals surface area (Å²) in [5.74, 6) is -0.139. The summed E-state index contributed by atoms with van der Waals surface area (Å²) in [7, 11) is 0. The van der Waals surface area contributed by atoms with Crippen LogP contribution >= 0.6 is 0 Å². The van der Waals surface area contributed by atoms with Crippen molar-refractivity contribution < 1.29 is 22.3 Å². The van der Waals surface area contributed by atoms with E-state index in [0.717, 1.165) is 45.1 Å². The number of likely N-dealkylation sites (tertiary alicyclic amines) is 1. The zero-order valence-corrected chi connectivity index (χ0v) is 20.0. The molecule has 35 heavy (non-hydrogen) atoms. The third-order valence-electron chi connectivity index (χ3n) is 7.99. The predicted octanol–water partition coefficient (Wildman–Crippen LogP) is 5.84. The molecule has 5 rings (SSSR count). The van der Waals surface area contributed by atoms with Crippen molar-refractivity contribution in [1.29, 1.82) is 0 Å². The molecule has 1 aromatic rings. The number of nitrogens with zero attached hydrogens (tertiary/aromatic N) is 1. The summed E-state index contributed by atoms with van der Waals surface area (Å²) in [5, 5.41) is 7.01. The summed E-state index contributed by atoms with van der Waals surface area (Å²) in [6, 6.07) is 3.88. The van der Waals surface area contributed by atoms with E-state index >= 15 is 0 Å². The summed E-state index contributed by atoms with van der Waals surface area (Å²) < 4.78 is 60.6. The summed E-state index contributed by atoms with van der Waals surface area (Å²) >= 11 is 0. The average Bonchev–Trinajstić information content (AvgIpc) is 2.86. The number of anilines is 1. The monoisotopic (exact) mass is 493 g/mol. The highest BCUT2D eigenvalue weighted by atomic mass is 19.4. The molecule has 0 bridgehead atoms. The molecule has 0 saturated carbocycles. The van der Waals surface area contributed by atoms with E-state index in [2.05, 4.69) is 15.5 Å².